The van der Waals surface area contributed by atoms with Crippen LogP contribution >= 0.6 is 0 Å². The van der Waals surface area contributed by atoms with Gasteiger partial charge in [-0.25, -0.2) is 0 Å². The summed E-state index contributed by atoms with van der Waals surface area (Å²) in [6, 6.07) is 5.84. The van der Waals surface area contributed by atoms with E-state index in [0.717, 1.165) is 25.1 Å². The van der Waals surface area contributed by atoms with Gasteiger partial charge in [0.25, 0.3) is 0 Å². The summed E-state index contributed by atoms with van der Waals surface area (Å²) in [5, 5.41) is 0. The van der Waals surface area contributed by atoms with Gasteiger partial charge >= 0.3 is 0 Å². The molecule has 0 spiro atoms. The molecular weight excluding hydrogens is 252 g/mol. The van der Waals surface area contributed by atoms with Crippen LogP contribution in [0, 0.1) is 5.92 Å². The summed E-state index contributed by atoms with van der Waals surface area (Å²) >= 11 is 0. The van der Waals surface area contributed by atoms with Crippen LogP contribution in [0.5, 0.6) is 0 Å². The molecule has 108 valence electrons. The number of hydrogen-bond donors (Lipinski definition) is 0. The highest BCUT2D eigenvalue weighted by Gasteiger charge is 2.30. The summed E-state index contributed by atoms with van der Waals surface area (Å²) in [5.41, 5.74) is 0.925. The van der Waals surface area contributed by atoms with Gasteiger partial charge in [0, 0.05) is 18.7 Å². The second-order valence-electron chi connectivity index (χ2n) is 5.73. The SMILES string of the molecule is O=C(C1CCCCC1)N1CCO[C@@H](c2ccccn2)C1. The molecule has 2 heterocycles. The summed E-state index contributed by atoms with van der Waals surface area (Å²) in [5.74, 6) is 0.570. The fourth-order valence-electron chi connectivity index (χ4n) is 3.20. The van der Waals surface area contributed by atoms with Gasteiger partial charge in [0.1, 0.15) is 6.10 Å². The molecule has 1 aliphatic heterocycles. The molecular formula is C16H22N2O2. The Morgan fingerprint density at radius 3 is 2.85 bits per heavy atom. The second-order valence-corrected chi connectivity index (χ2v) is 5.73. The van der Waals surface area contributed by atoms with Crippen LogP contribution in [0.2, 0.25) is 0 Å². The predicted octanol–water partition coefficient (Wildman–Crippen LogP) is 2.56. The van der Waals surface area contributed by atoms with Gasteiger partial charge in [-0.15, -0.1) is 0 Å². The van der Waals surface area contributed by atoms with Gasteiger partial charge in [0.05, 0.1) is 18.8 Å². The van der Waals surface area contributed by atoms with E-state index in [-0.39, 0.29) is 12.0 Å². The van der Waals surface area contributed by atoms with Crippen molar-refractivity contribution >= 4 is 5.91 Å². The maximum Gasteiger partial charge on any atom is 0.225 e. The Bertz CT molecular complexity index is 443. The molecule has 3 rings (SSSR count). The third-order valence-corrected chi connectivity index (χ3v) is 4.35. The van der Waals surface area contributed by atoms with Crippen LogP contribution in [0.15, 0.2) is 24.4 Å². The molecule has 4 heteroatoms. The Kier molecular flexibility index (Phi) is 4.31. The van der Waals surface area contributed by atoms with E-state index in [2.05, 4.69) is 4.98 Å². The van der Waals surface area contributed by atoms with Crippen molar-refractivity contribution in [3.8, 4) is 0 Å². The molecule has 20 heavy (non-hydrogen) atoms. The van der Waals surface area contributed by atoms with Gasteiger partial charge in [0.15, 0.2) is 0 Å². The highest BCUT2D eigenvalue weighted by molar-refractivity contribution is 5.79. The predicted molar refractivity (Wildman–Crippen MR) is 76.1 cm³/mol. The Morgan fingerprint density at radius 2 is 2.10 bits per heavy atom. The number of carbonyl (C=O) groups is 1. The summed E-state index contributed by atoms with van der Waals surface area (Å²) < 4.78 is 5.78. The van der Waals surface area contributed by atoms with Crippen LogP contribution in [0.3, 0.4) is 0 Å². The molecule has 0 aromatic carbocycles. The smallest absolute Gasteiger partial charge is 0.225 e. The van der Waals surface area contributed by atoms with Gasteiger partial charge in [0.2, 0.25) is 5.91 Å². The number of carbonyl (C=O) groups excluding carboxylic acids is 1. The van der Waals surface area contributed by atoms with E-state index in [1.54, 1.807) is 6.20 Å². The number of morpholine rings is 1. The molecule has 0 radical (unpaired) electrons. The molecule has 1 saturated heterocycles. The topological polar surface area (TPSA) is 42.4 Å². The molecule has 1 aliphatic carbocycles. The molecule has 1 amide bonds. The normalized spacial score (nSPS) is 24.6. The lowest BCUT2D eigenvalue weighted by Crippen LogP contribution is -2.45. The van der Waals surface area contributed by atoms with E-state index in [1.807, 2.05) is 23.1 Å². The van der Waals surface area contributed by atoms with E-state index in [1.165, 1.54) is 19.3 Å². The minimum atomic E-state index is -0.0718. The number of hydrogen-bond acceptors (Lipinski definition) is 3. The number of nitrogens with zero attached hydrogens (tertiary/aromatic N) is 2. The number of amides is 1. The first-order valence-electron chi connectivity index (χ1n) is 7.66. The first kappa shape index (κ1) is 13.6. The molecule has 1 aromatic heterocycles. The minimum absolute atomic E-state index is 0.0718. The molecule has 0 bridgehead atoms. The van der Waals surface area contributed by atoms with Crippen LogP contribution in [-0.4, -0.2) is 35.5 Å². The van der Waals surface area contributed by atoms with Crippen molar-refractivity contribution in [2.45, 2.75) is 38.2 Å². The molecule has 4 nitrogen and oxygen atoms in total. The third-order valence-electron chi connectivity index (χ3n) is 4.35. The molecule has 1 atom stereocenters. The van der Waals surface area contributed by atoms with Gasteiger partial charge in [-0.05, 0) is 25.0 Å². The van der Waals surface area contributed by atoms with E-state index in [9.17, 15) is 4.79 Å². The fraction of sp³-hybridized carbons (Fsp3) is 0.625. The highest BCUT2D eigenvalue weighted by Crippen LogP contribution is 2.28. The number of aromatic nitrogens is 1. The lowest BCUT2D eigenvalue weighted by molar-refractivity contribution is -0.144. The lowest BCUT2D eigenvalue weighted by Gasteiger charge is -2.35. The standard InChI is InChI=1S/C16H22N2O2/c19-16(13-6-2-1-3-7-13)18-10-11-20-15(12-18)14-8-4-5-9-17-14/h4-5,8-9,13,15H,1-3,6-7,10-12H2/t15-/m1/s1. The Morgan fingerprint density at radius 1 is 1.25 bits per heavy atom. The summed E-state index contributed by atoms with van der Waals surface area (Å²) in [6.45, 7) is 1.98. The fourth-order valence-corrected chi connectivity index (χ4v) is 3.20. The van der Waals surface area contributed by atoms with Gasteiger partial charge in [-0.2, -0.15) is 0 Å². The monoisotopic (exact) mass is 274 g/mol. The maximum atomic E-state index is 12.6. The van der Waals surface area contributed by atoms with Gasteiger partial charge in [-0.3, -0.25) is 9.78 Å². The Hall–Kier alpha value is -1.42. The van der Waals surface area contributed by atoms with Crippen LogP contribution in [0.1, 0.15) is 43.9 Å². The zero-order chi connectivity index (χ0) is 13.8. The summed E-state index contributed by atoms with van der Waals surface area (Å²) in [4.78, 5) is 18.9. The van der Waals surface area contributed by atoms with Crippen LogP contribution in [-0.2, 0) is 9.53 Å². The van der Waals surface area contributed by atoms with E-state index in [4.69, 9.17) is 4.74 Å². The second kappa shape index (κ2) is 6.35. The van der Waals surface area contributed by atoms with Gasteiger partial charge in [-0.1, -0.05) is 25.3 Å². The summed E-state index contributed by atoms with van der Waals surface area (Å²) in [7, 11) is 0. The molecule has 0 unspecified atom stereocenters. The largest absolute Gasteiger partial charge is 0.368 e. The number of pyridine rings is 1. The zero-order valence-corrected chi connectivity index (χ0v) is 11.8. The van der Waals surface area contributed by atoms with E-state index in [0.29, 0.717) is 19.1 Å². The quantitative estimate of drug-likeness (QED) is 0.832. The molecule has 2 fully saturated rings. The first-order valence-corrected chi connectivity index (χ1v) is 7.66. The van der Waals surface area contributed by atoms with Crippen molar-refractivity contribution in [2.24, 2.45) is 5.92 Å². The molecule has 0 N–H and O–H groups in total. The number of ether oxygens (including phenoxy) is 1. The van der Waals surface area contributed by atoms with Gasteiger partial charge < -0.3 is 9.64 Å². The molecule has 2 aliphatic rings. The van der Waals surface area contributed by atoms with Crippen molar-refractivity contribution in [2.75, 3.05) is 19.7 Å². The van der Waals surface area contributed by atoms with E-state index >= 15 is 0 Å². The summed E-state index contributed by atoms with van der Waals surface area (Å²) in [6.07, 6.45) is 7.51. The molecule has 1 aromatic rings. The maximum absolute atomic E-state index is 12.6. The van der Waals surface area contributed by atoms with Crippen molar-refractivity contribution in [1.82, 2.24) is 9.88 Å². The van der Waals surface area contributed by atoms with Crippen LogP contribution in [0.4, 0.5) is 0 Å². The highest BCUT2D eigenvalue weighted by atomic mass is 16.5. The molecule has 1 saturated carbocycles. The van der Waals surface area contributed by atoms with Crippen molar-refractivity contribution in [1.29, 1.82) is 0 Å². The first-order chi connectivity index (χ1) is 9.84. The van der Waals surface area contributed by atoms with Crippen molar-refractivity contribution in [3.63, 3.8) is 0 Å². The zero-order valence-electron chi connectivity index (χ0n) is 11.8. The average molecular weight is 274 g/mol. The van der Waals surface area contributed by atoms with E-state index < -0.39 is 0 Å². The Balaban J connectivity index is 1.64. The average Bonchev–Trinajstić information content (AvgIpc) is 2.56. The number of rotatable bonds is 2. The van der Waals surface area contributed by atoms with Crippen molar-refractivity contribution < 1.29 is 9.53 Å². The Labute approximate surface area is 120 Å². The lowest BCUT2D eigenvalue weighted by atomic mass is 9.88. The minimum Gasteiger partial charge on any atom is -0.368 e. The third kappa shape index (κ3) is 3.01. The van der Waals surface area contributed by atoms with Crippen LogP contribution in [0.25, 0.3) is 0 Å². The van der Waals surface area contributed by atoms with Crippen molar-refractivity contribution in [3.05, 3.63) is 30.1 Å². The van der Waals surface area contributed by atoms with Crippen LogP contribution < -0.4 is 0 Å².